The van der Waals surface area contributed by atoms with Gasteiger partial charge in [-0.15, -0.1) is 10.2 Å². The van der Waals surface area contributed by atoms with Gasteiger partial charge in [0.05, 0.1) is 6.07 Å². The first kappa shape index (κ1) is 14.6. The number of nitriles is 1. The van der Waals surface area contributed by atoms with Crippen molar-refractivity contribution in [1.29, 1.82) is 5.26 Å². The average molecular weight is 286 g/mol. The minimum Gasteiger partial charge on any atom is -0.305 e. The summed E-state index contributed by atoms with van der Waals surface area (Å²) in [5.74, 6) is 0.878. The standard InChI is InChI=1S/C15H18N4S/c1-11-6-4-8-13(10-11)14-17-18-15(19(14)3)20-12(2)7-5-9-16/h4,6,8,10,12H,5,7H2,1-3H3/t12-/m0/s1. The molecule has 1 heterocycles. The molecule has 4 nitrogen and oxygen atoms in total. The van der Waals surface area contributed by atoms with Crippen LogP contribution in [0.1, 0.15) is 25.3 Å². The second kappa shape index (κ2) is 6.58. The molecule has 104 valence electrons. The predicted molar refractivity (Wildman–Crippen MR) is 81.3 cm³/mol. The van der Waals surface area contributed by atoms with Gasteiger partial charge in [-0.3, -0.25) is 0 Å². The highest BCUT2D eigenvalue weighted by Crippen LogP contribution is 2.27. The van der Waals surface area contributed by atoms with Gasteiger partial charge >= 0.3 is 0 Å². The van der Waals surface area contributed by atoms with Crippen molar-refractivity contribution in [3.8, 4) is 17.5 Å². The Morgan fingerprint density at radius 3 is 2.90 bits per heavy atom. The van der Waals surface area contributed by atoms with Crippen LogP contribution < -0.4 is 0 Å². The van der Waals surface area contributed by atoms with Crippen molar-refractivity contribution < 1.29 is 0 Å². The Labute approximate surface area is 123 Å². The van der Waals surface area contributed by atoms with E-state index in [9.17, 15) is 0 Å². The SMILES string of the molecule is Cc1cccc(-c2nnc(S[C@@H](C)CCC#N)n2C)c1. The lowest BCUT2D eigenvalue weighted by molar-refractivity contribution is 0.776. The number of benzene rings is 1. The Hall–Kier alpha value is -1.80. The molecule has 1 aromatic heterocycles. The summed E-state index contributed by atoms with van der Waals surface area (Å²) in [4.78, 5) is 0. The van der Waals surface area contributed by atoms with Crippen LogP contribution >= 0.6 is 11.8 Å². The maximum atomic E-state index is 8.62. The summed E-state index contributed by atoms with van der Waals surface area (Å²) in [6, 6.07) is 10.4. The topological polar surface area (TPSA) is 54.5 Å². The van der Waals surface area contributed by atoms with E-state index in [0.717, 1.165) is 23.0 Å². The van der Waals surface area contributed by atoms with Gasteiger partial charge in [0.25, 0.3) is 0 Å². The number of nitrogens with zero attached hydrogens (tertiary/aromatic N) is 4. The van der Waals surface area contributed by atoms with Crippen LogP contribution in [0.15, 0.2) is 29.4 Å². The van der Waals surface area contributed by atoms with Crippen LogP contribution in [0.4, 0.5) is 0 Å². The van der Waals surface area contributed by atoms with Gasteiger partial charge in [-0.2, -0.15) is 5.26 Å². The van der Waals surface area contributed by atoms with Crippen molar-refractivity contribution in [2.24, 2.45) is 7.05 Å². The largest absolute Gasteiger partial charge is 0.305 e. The maximum Gasteiger partial charge on any atom is 0.191 e. The maximum absolute atomic E-state index is 8.62. The molecule has 0 bridgehead atoms. The Bertz CT molecular complexity index is 627. The molecule has 2 rings (SSSR count). The third-order valence-electron chi connectivity index (χ3n) is 3.08. The summed E-state index contributed by atoms with van der Waals surface area (Å²) < 4.78 is 2.02. The van der Waals surface area contributed by atoms with Crippen molar-refractivity contribution in [3.63, 3.8) is 0 Å². The number of aromatic nitrogens is 3. The van der Waals surface area contributed by atoms with E-state index >= 15 is 0 Å². The van der Waals surface area contributed by atoms with Crippen LogP contribution in [0.5, 0.6) is 0 Å². The zero-order chi connectivity index (χ0) is 14.5. The third-order valence-corrected chi connectivity index (χ3v) is 4.28. The van der Waals surface area contributed by atoms with Gasteiger partial charge in [0.15, 0.2) is 11.0 Å². The van der Waals surface area contributed by atoms with Gasteiger partial charge in [-0.25, -0.2) is 0 Å². The Balaban J connectivity index is 2.17. The van der Waals surface area contributed by atoms with E-state index in [1.807, 2.05) is 23.7 Å². The second-order valence-corrected chi connectivity index (χ2v) is 6.27. The van der Waals surface area contributed by atoms with E-state index in [4.69, 9.17) is 5.26 Å². The normalized spacial score (nSPS) is 12.1. The predicted octanol–water partition coefficient (Wildman–Crippen LogP) is 3.57. The van der Waals surface area contributed by atoms with Crippen molar-refractivity contribution in [3.05, 3.63) is 29.8 Å². The molecule has 0 saturated carbocycles. The minimum atomic E-state index is 0.364. The van der Waals surface area contributed by atoms with E-state index < -0.39 is 0 Å². The quantitative estimate of drug-likeness (QED) is 0.788. The lowest BCUT2D eigenvalue weighted by Gasteiger charge is -2.08. The number of rotatable bonds is 5. The van der Waals surface area contributed by atoms with Crippen molar-refractivity contribution in [1.82, 2.24) is 14.8 Å². The molecule has 0 aliphatic carbocycles. The van der Waals surface area contributed by atoms with E-state index in [2.05, 4.69) is 42.2 Å². The Kier molecular flexibility index (Phi) is 4.80. The summed E-state index contributed by atoms with van der Waals surface area (Å²) in [6.07, 6.45) is 1.45. The molecule has 0 fully saturated rings. The number of thioether (sulfide) groups is 1. The highest BCUT2D eigenvalue weighted by molar-refractivity contribution is 7.99. The summed E-state index contributed by atoms with van der Waals surface area (Å²) in [5.41, 5.74) is 2.29. The zero-order valence-corrected chi connectivity index (χ0v) is 12.8. The summed E-state index contributed by atoms with van der Waals surface area (Å²) in [5, 5.41) is 18.4. The van der Waals surface area contributed by atoms with Crippen molar-refractivity contribution >= 4 is 11.8 Å². The van der Waals surface area contributed by atoms with Crippen LogP contribution in [-0.4, -0.2) is 20.0 Å². The fourth-order valence-electron chi connectivity index (χ4n) is 1.96. The summed E-state index contributed by atoms with van der Waals surface area (Å²) in [6.45, 7) is 4.18. The summed E-state index contributed by atoms with van der Waals surface area (Å²) in [7, 11) is 1.98. The molecule has 0 spiro atoms. The molecular formula is C15H18N4S. The van der Waals surface area contributed by atoms with Gasteiger partial charge < -0.3 is 4.57 Å². The van der Waals surface area contributed by atoms with Gasteiger partial charge in [-0.1, -0.05) is 42.4 Å². The molecule has 0 aliphatic rings. The van der Waals surface area contributed by atoms with Crippen molar-refractivity contribution in [2.75, 3.05) is 0 Å². The van der Waals surface area contributed by atoms with Crippen LogP contribution in [0.25, 0.3) is 11.4 Å². The van der Waals surface area contributed by atoms with Crippen molar-refractivity contribution in [2.45, 2.75) is 37.1 Å². The third kappa shape index (κ3) is 3.40. The van der Waals surface area contributed by atoms with Crippen LogP contribution in [-0.2, 0) is 7.05 Å². The summed E-state index contributed by atoms with van der Waals surface area (Å²) >= 11 is 1.67. The van der Waals surface area contributed by atoms with Crippen LogP contribution in [0, 0.1) is 18.3 Å². The van der Waals surface area contributed by atoms with Gasteiger partial charge in [0.1, 0.15) is 0 Å². The van der Waals surface area contributed by atoms with E-state index in [0.29, 0.717) is 11.7 Å². The Morgan fingerprint density at radius 2 is 2.20 bits per heavy atom. The molecule has 5 heteroatoms. The van der Waals surface area contributed by atoms with Gasteiger partial charge in [0.2, 0.25) is 0 Å². The molecule has 0 saturated heterocycles. The first-order valence-electron chi connectivity index (χ1n) is 6.62. The number of hydrogen-bond donors (Lipinski definition) is 0. The van der Waals surface area contributed by atoms with Gasteiger partial charge in [0, 0.05) is 24.3 Å². The highest BCUT2D eigenvalue weighted by Gasteiger charge is 2.14. The molecule has 0 radical (unpaired) electrons. The zero-order valence-electron chi connectivity index (χ0n) is 12.0. The number of aryl methyl sites for hydroxylation is 1. The first-order chi connectivity index (χ1) is 9.61. The molecule has 0 amide bonds. The molecule has 0 N–H and O–H groups in total. The van der Waals surface area contributed by atoms with E-state index in [1.54, 1.807) is 11.8 Å². The lowest BCUT2D eigenvalue weighted by Crippen LogP contribution is -2.00. The molecule has 1 atom stereocenters. The Morgan fingerprint density at radius 1 is 1.40 bits per heavy atom. The fraction of sp³-hybridized carbons (Fsp3) is 0.400. The van der Waals surface area contributed by atoms with Crippen LogP contribution in [0.3, 0.4) is 0 Å². The minimum absolute atomic E-state index is 0.364. The highest BCUT2D eigenvalue weighted by atomic mass is 32.2. The smallest absolute Gasteiger partial charge is 0.191 e. The molecule has 1 aromatic carbocycles. The van der Waals surface area contributed by atoms with E-state index in [1.165, 1.54) is 5.56 Å². The molecule has 20 heavy (non-hydrogen) atoms. The lowest BCUT2D eigenvalue weighted by atomic mass is 10.1. The molecule has 0 aliphatic heterocycles. The molecule has 2 aromatic rings. The second-order valence-electron chi connectivity index (χ2n) is 4.86. The van der Waals surface area contributed by atoms with Crippen LogP contribution in [0.2, 0.25) is 0 Å². The monoisotopic (exact) mass is 286 g/mol. The van der Waals surface area contributed by atoms with Gasteiger partial charge in [-0.05, 0) is 19.4 Å². The average Bonchev–Trinajstić information content (AvgIpc) is 2.78. The number of hydrogen-bond acceptors (Lipinski definition) is 4. The van der Waals surface area contributed by atoms with E-state index in [-0.39, 0.29) is 0 Å². The molecule has 0 unspecified atom stereocenters. The molecular weight excluding hydrogens is 268 g/mol. The fourth-order valence-corrected chi connectivity index (χ4v) is 2.89. The first-order valence-corrected chi connectivity index (χ1v) is 7.50.